The third kappa shape index (κ3) is 3.94. The molecule has 2 N–H and O–H groups in total. The van der Waals surface area contributed by atoms with Gasteiger partial charge in [0.25, 0.3) is 5.91 Å². The van der Waals surface area contributed by atoms with Crippen LogP contribution in [0.1, 0.15) is 42.2 Å². The lowest BCUT2D eigenvalue weighted by atomic mass is 10.1. The van der Waals surface area contributed by atoms with Crippen molar-refractivity contribution in [3.05, 3.63) is 23.4 Å². The van der Waals surface area contributed by atoms with Crippen molar-refractivity contribution in [3.63, 3.8) is 0 Å². The van der Waals surface area contributed by atoms with Crippen LogP contribution in [0.15, 0.2) is 12.1 Å². The van der Waals surface area contributed by atoms with E-state index in [0.29, 0.717) is 17.4 Å². The molecule has 1 atom stereocenters. The number of carbonyl (C=O) groups is 1. The fourth-order valence-electron chi connectivity index (χ4n) is 2.95. The summed E-state index contributed by atoms with van der Waals surface area (Å²) in [4.78, 5) is 21.0. The summed E-state index contributed by atoms with van der Waals surface area (Å²) in [5, 5.41) is 0. The maximum Gasteiger partial charge on any atom is 0.253 e. The summed E-state index contributed by atoms with van der Waals surface area (Å²) >= 11 is 0. The van der Waals surface area contributed by atoms with E-state index in [4.69, 9.17) is 5.73 Å². The first kappa shape index (κ1) is 15.8. The number of nitrogens with two attached hydrogens (primary N) is 1. The molecule has 1 aromatic rings. The third-order valence-electron chi connectivity index (χ3n) is 4.15. The highest BCUT2D eigenvalue weighted by Gasteiger charge is 2.24. The second kappa shape index (κ2) is 6.89. The summed E-state index contributed by atoms with van der Waals surface area (Å²) in [5.41, 5.74) is 7.37. The first-order valence-corrected chi connectivity index (χ1v) is 7.73. The van der Waals surface area contributed by atoms with E-state index in [0.717, 1.165) is 38.0 Å². The lowest BCUT2D eigenvalue weighted by Crippen LogP contribution is -2.39. The van der Waals surface area contributed by atoms with Gasteiger partial charge in [-0.2, -0.15) is 0 Å². The number of amides is 1. The number of aryl methyl sites for hydroxylation is 1. The molecule has 2 rings (SSSR count). The predicted octanol–water partition coefficient (Wildman–Crippen LogP) is 1.78. The Hall–Kier alpha value is -1.62. The Morgan fingerprint density at radius 2 is 2.29 bits per heavy atom. The number of pyridine rings is 1. The highest BCUT2D eigenvalue weighted by Crippen LogP contribution is 2.17. The van der Waals surface area contributed by atoms with Crippen LogP contribution in [0.2, 0.25) is 0 Å². The van der Waals surface area contributed by atoms with Crippen molar-refractivity contribution in [2.75, 3.05) is 32.9 Å². The Kier molecular flexibility index (Phi) is 5.17. The van der Waals surface area contributed by atoms with E-state index in [1.807, 2.05) is 13.1 Å². The minimum absolute atomic E-state index is 0.0294. The summed E-state index contributed by atoms with van der Waals surface area (Å²) < 4.78 is 0. The van der Waals surface area contributed by atoms with Gasteiger partial charge < -0.3 is 15.5 Å². The van der Waals surface area contributed by atoms with Crippen LogP contribution < -0.4 is 5.73 Å². The van der Waals surface area contributed by atoms with Crippen molar-refractivity contribution in [2.24, 2.45) is 0 Å². The highest BCUT2D eigenvalue weighted by atomic mass is 16.2. The number of nitrogens with zero attached hydrogens (tertiary/aromatic N) is 3. The van der Waals surface area contributed by atoms with Gasteiger partial charge in [-0.05, 0) is 45.0 Å². The first-order valence-electron chi connectivity index (χ1n) is 7.73. The van der Waals surface area contributed by atoms with E-state index >= 15 is 0 Å². The average Bonchev–Trinajstić information content (AvgIpc) is 2.83. The zero-order valence-corrected chi connectivity index (χ0v) is 13.3. The van der Waals surface area contributed by atoms with Crippen LogP contribution in [-0.4, -0.2) is 53.9 Å². The molecule has 21 heavy (non-hydrogen) atoms. The number of likely N-dealkylation sites (N-methyl/N-ethyl adjacent to an activating group) is 2. The third-order valence-corrected chi connectivity index (χ3v) is 4.15. The van der Waals surface area contributed by atoms with Gasteiger partial charge in [0.2, 0.25) is 0 Å². The van der Waals surface area contributed by atoms with Crippen LogP contribution in [0, 0.1) is 0 Å². The van der Waals surface area contributed by atoms with E-state index in [2.05, 4.69) is 23.9 Å². The molecule has 0 aromatic carbocycles. The Labute approximate surface area is 127 Å². The second-order valence-corrected chi connectivity index (χ2v) is 5.98. The molecule has 1 aromatic heterocycles. The average molecular weight is 290 g/mol. The summed E-state index contributed by atoms with van der Waals surface area (Å²) in [7, 11) is 3.99. The molecule has 0 radical (unpaired) electrons. The Balaban J connectivity index is 2.07. The Morgan fingerprint density at radius 1 is 1.52 bits per heavy atom. The lowest BCUT2D eigenvalue weighted by Gasteiger charge is -2.26. The first-order chi connectivity index (χ1) is 10.0. The number of rotatable bonds is 5. The van der Waals surface area contributed by atoms with Crippen molar-refractivity contribution in [1.29, 1.82) is 0 Å². The molecular weight excluding hydrogens is 264 g/mol. The Bertz CT molecular complexity index is 503. The maximum atomic E-state index is 12.6. The van der Waals surface area contributed by atoms with Crippen LogP contribution in [0.5, 0.6) is 0 Å². The van der Waals surface area contributed by atoms with Crippen molar-refractivity contribution in [1.82, 2.24) is 14.8 Å². The normalized spacial score (nSPS) is 18.9. The van der Waals surface area contributed by atoms with E-state index in [9.17, 15) is 4.79 Å². The summed E-state index contributed by atoms with van der Waals surface area (Å²) in [6.45, 7) is 3.98. The van der Waals surface area contributed by atoms with Crippen molar-refractivity contribution in [3.8, 4) is 0 Å². The number of hydrogen-bond acceptors (Lipinski definition) is 4. The molecule has 0 bridgehead atoms. The van der Waals surface area contributed by atoms with E-state index in [-0.39, 0.29) is 5.91 Å². The van der Waals surface area contributed by atoms with Crippen molar-refractivity contribution >= 4 is 11.7 Å². The number of anilines is 1. The minimum atomic E-state index is 0.0294. The fraction of sp³-hybridized carbons (Fsp3) is 0.625. The van der Waals surface area contributed by atoms with Gasteiger partial charge in [-0.1, -0.05) is 13.3 Å². The molecule has 0 aliphatic carbocycles. The van der Waals surface area contributed by atoms with Gasteiger partial charge in [-0.25, -0.2) is 4.98 Å². The van der Waals surface area contributed by atoms with Gasteiger partial charge in [0, 0.05) is 30.9 Å². The molecule has 1 fully saturated rings. The lowest BCUT2D eigenvalue weighted by molar-refractivity contribution is 0.0761. The topological polar surface area (TPSA) is 62.5 Å². The van der Waals surface area contributed by atoms with Crippen LogP contribution >= 0.6 is 0 Å². The standard InChI is InChI=1S/C16H26N4O/c1-4-6-13-9-12(10-15(17)18-13)16(21)20(3)11-14-7-5-8-19(14)2/h9-10,14H,4-8,11H2,1-3H3,(H2,17,18). The van der Waals surface area contributed by atoms with Crippen molar-refractivity contribution < 1.29 is 4.79 Å². The summed E-state index contributed by atoms with van der Waals surface area (Å²) in [6.07, 6.45) is 4.22. The van der Waals surface area contributed by atoms with Crippen molar-refractivity contribution in [2.45, 2.75) is 38.6 Å². The quantitative estimate of drug-likeness (QED) is 0.898. The van der Waals surface area contributed by atoms with Gasteiger partial charge in [0.15, 0.2) is 0 Å². The molecule has 1 aliphatic rings. The molecule has 1 amide bonds. The maximum absolute atomic E-state index is 12.6. The second-order valence-electron chi connectivity index (χ2n) is 5.98. The molecule has 1 saturated heterocycles. The molecule has 1 aliphatic heterocycles. The number of carbonyl (C=O) groups excluding carboxylic acids is 1. The molecule has 116 valence electrons. The predicted molar refractivity (Wildman–Crippen MR) is 85.3 cm³/mol. The van der Waals surface area contributed by atoms with Gasteiger partial charge in [0.05, 0.1) is 0 Å². The number of nitrogen functional groups attached to an aromatic ring is 1. The number of aromatic nitrogens is 1. The minimum Gasteiger partial charge on any atom is -0.384 e. The summed E-state index contributed by atoms with van der Waals surface area (Å²) in [5.74, 6) is 0.456. The molecule has 5 nitrogen and oxygen atoms in total. The van der Waals surface area contributed by atoms with Gasteiger partial charge in [0.1, 0.15) is 5.82 Å². The summed E-state index contributed by atoms with van der Waals surface area (Å²) in [6, 6.07) is 4.01. The van der Waals surface area contributed by atoms with Crippen LogP contribution in [0.4, 0.5) is 5.82 Å². The highest BCUT2D eigenvalue weighted by molar-refractivity contribution is 5.94. The molecule has 2 heterocycles. The van der Waals surface area contributed by atoms with Gasteiger partial charge in [-0.3, -0.25) is 4.79 Å². The largest absolute Gasteiger partial charge is 0.384 e. The molecule has 5 heteroatoms. The zero-order chi connectivity index (χ0) is 15.4. The Morgan fingerprint density at radius 3 is 2.90 bits per heavy atom. The molecule has 1 unspecified atom stereocenters. The smallest absolute Gasteiger partial charge is 0.253 e. The monoisotopic (exact) mass is 290 g/mol. The van der Waals surface area contributed by atoms with Gasteiger partial charge >= 0.3 is 0 Å². The number of hydrogen-bond donors (Lipinski definition) is 1. The van der Waals surface area contributed by atoms with Gasteiger partial charge in [-0.15, -0.1) is 0 Å². The van der Waals surface area contributed by atoms with Crippen LogP contribution in [-0.2, 0) is 6.42 Å². The van der Waals surface area contributed by atoms with E-state index < -0.39 is 0 Å². The number of likely N-dealkylation sites (tertiary alicyclic amines) is 1. The zero-order valence-electron chi connectivity index (χ0n) is 13.3. The molecule has 0 saturated carbocycles. The van der Waals surface area contributed by atoms with Crippen LogP contribution in [0.3, 0.4) is 0 Å². The SMILES string of the molecule is CCCc1cc(C(=O)N(C)CC2CCCN2C)cc(N)n1. The molecular formula is C16H26N4O. The van der Waals surface area contributed by atoms with E-state index in [1.54, 1.807) is 11.0 Å². The fourth-order valence-corrected chi connectivity index (χ4v) is 2.95. The van der Waals surface area contributed by atoms with E-state index in [1.165, 1.54) is 6.42 Å². The van der Waals surface area contributed by atoms with Crippen LogP contribution in [0.25, 0.3) is 0 Å². The molecule has 0 spiro atoms.